The summed E-state index contributed by atoms with van der Waals surface area (Å²) < 4.78 is 19.3. The lowest BCUT2D eigenvalue weighted by Gasteiger charge is -2.11. The predicted octanol–water partition coefficient (Wildman–Crippen LogP) is 3.44. The van der Waals surface area contributed by atoms with Gasteiger partial charge in [0.05, 0.1) is 19.3 Å². The number of anilines is 1. The first-order valence-electron chi connectivity index (χ1n) is 7.61. The van der Waals surface area contributed by atoms with E-state index in [0.717, 1.165) is 11.3 Å². The molecular weight excluding hydrogens is 434 g/mol. The van der Waals surface area contributed by atoms with Gasteiger partial charge < -0.3 is 20.7 Å². The van der Waals surface area contributed by atoms with E-state index in [4.69, 9.17) is 10.5 Å². The van der Waals surface area contributed by atoms with Crippen LogP contribution in [0.25, 0.3) is 0 Å². The van der Waals surface area contributed by atoms with E-state index in [1.165, 1.54) is 6.07 Å². The Labute approximate surface area is 165 Å². The van der Waals surface area contributed by atoms with E-state index in [0.29, 0.717) is 24.4 Å². The Morgan fingerprint density at radius 1 is 1.24 bits per heavy atom. The number of ether oxygens (including phenoxy) is 1. The lowest BCUT2D eigenvalue weighted by Crippen LogP contribution is -2.23. The summed E-state index contributed by atoms with van der Waals surface area (Å²) >= 11 is 0. The Balaban J connectivity index is 0.00000312. The van der Waals surface area contributed by atoms with Crippen molar-refractivity contribution in [1.82, 2.24) is 4.90 Å². The summed E-state index contributed by atoms with van der Waals surface area (Å²) in [5.41, 5.74) is 8.05. The molecule has 0 spiro atoms. The van der Waals surface area contributed by atoms with Gasteiger partial charge in [-0.2, -0.15) is 0 Å². The highest BCUT2D eigenvalue weighted by molar-refractivity contribution is 14.0. The number of nitrogens with one attached hydrogen (secondary N) is 1. The number of nitrogens with zero attached hydrogens (tertiary/aromatic N) is 2. The molecule has 0 aliphatic carbocycles. The van der Waals surface area contributed by atoms with Gasteiger partial charge in [-0.15, -0.1) is 24.0 Å². The fourth-order valence-electron chi connectivity index (χ4n) is 2.26. The largest absolute Gasteiger partial charge is 0.495 e. The highest BCUT2D eigenvalue weighted by atomic mass is 127. The molecule has 0 aromatic heterocycles. The normalized spacial score (nSPS) is 11.2. The van der Waals surface area contributed by atoms with Crippen molar-refractivity contribution in [3.05, 3.63) is 59.4 Å². The number of methoxy groups -OCH3 is 1. The summed E-state index contributed by atoms with van der Waals surface area (Å²) in [6.45, 7) is 0.861. The molecule has 0 aliphatic rings. The van der Waals surface area contributed by atoms with Crippen LogP contribution in [-0.2, 0) is 13.1 Å². The lowest BCUT2D eigenvalue weighted by molar-refractivity contribution is 0.392. The zero-order chi connectivity index (χ0) is 17.5. The lowest BCUT2D eigenvalue weighted by atomic mass is 10.1. The van der Waals surface area contributed by atoms with Gasteiger partial charge in [-0.1, -0.05) is 24.3 Å². The van der Waals surface area contributed by atoms with E-state index < -0.39 is 0 Å². The molecule has 0 unspecified atom stereocenters. The molecule has 3 N–H and O–H groups in total. The third kappa shape index (κ3) is 6.50. The molecular formula is C18H24FIN4O. The Morgan fingerprint density at radius 2 is 1.96 bits per heavy atom. The van der Waals surface area contributed by atoms with Gasteiger partial charge in [-0.3, -0.25) is 0 Å². The van der Waals surface area contributed by atoms with Crippen LogP contribution in [0, 0.1) is 5.82 Å². The van der Waals surface area contributed by atoms with Crippen molar-refractivity contribution in [2.75, 3.05) is 26.5 Å². The van der Waals surface area contributed by atoms with Crippen LogP contribution in [-0.4, -0.2) is 32.1 Å². The molecule has 0 heterocycles. The minimum Gasteiger partial charge on any atom is -0.495 e. The number of hydrogen-bond acceptors (Lipinski definition) is 3. The van der Waals surface area contributed by atoms with Crippen LogP contribution in [0.4, 0.5) is 10.1 Å². The summed E-state index contributed by atoms with van der Waals surface area (Å²) in [6.07, 6.45) is 0. The fourth-order valence-corrected chi connectivity index (χ4v) is 2.26. The monoisotopic (exact) mass is 458 g/mol. The van der Waals surface area contributed by atoms with Crippen LogP contribution in [0.15, 0.2) is 47.5 Å². The van der Waals surface area contributed by atoms with Gasteiger partial charge >= 0.3 is 0 Å². The van der Waals surface area contributed by atoms with Crippen molar-refractivity contribution in [1.29, 1.82) is 0 Å². The number of halogens is 2. The topological polar surface area (TPSA) is 62.9 Å². The van der Waals surface area contributed by atoms with E-state index in [2.05, 4.69) is 10.3 Å². The average Bonchev–Trinajstić information content (AvgIpc) is 2.55. The summed E-state index contributed by atoms with van der Waals surface area (Å²) in [7, 11) is 5.40. The van der Waals surface area contributed by atoms with E-state index in [9.17, 15) is 4.39 Å². The average molecular weight is 458 g/mol. The maximum atomic E-state index is 14.0. The number of hydrogen-bond donors (Lipinski definition) is 2. The molecule has 2 aromatic carbocycles. The van der Waals surface area contributed by atoms with Crippen molar-refractivity contribution in [3.8, 4) is 5.75 Å². The van der Waals surface area contributed by atoms with E-state index in [1.54, 1.807) is 13.2 Å². The predicted molar refractivity (Wildman–Crippen MR) is 111 cm³/mol. The van der Waals surface area contributed by atoms with Gasteiger partial charge in [0.1, 0.15) is 11.6 Å². The van der Waals surface area contributed by atoms with E-state index in [-0.39, 0.29) is 35.8 Å². The molecule has 2 rings (SSSR count). The molecule has 0 atom stereocenters. The van der Waals surface area contributed by atoms with Crippen molar-refractivity contribution in [2.45, 2.75) is 13.1 Å². The Kier molecular flexibility index (Phi) is 8.64. The fraction of sp³-hybridized carbons (Fsp3) is 0.278. The third-order valence-corrected chi connectivity index (χ3v) is 3.41. The van der Waals surface area contributed by atoms with Crippen LogP contribution in [0.3, 0.4) is 0 Å². The van der Waals surface area contributed by atoms with Crippen molar-refractivity contribution < 1.29 is 9.13 Å². The molecule has 136 valence electrons. The highest BCUT2D eigenvalue weighted by Gasteiger charge is 2.05. The molecule has 2 aromatic rings. The first-order valence-corrected chi connectivity index (χ1v) is 7.61. The van der Waals surface area contributed by atoms with Gasteiger partial charge in [0.25, 0.3) is 0 Å². The van der Waals surface area contributed by atoms with Gasteiger partial charge in [0, 0.05) is 12.1 Å². The highest BCUT2D eigenvalue weighted by Crippen LogP contribution is 2.22. The minimum atomic E-state index is -0.229. The summed E-state index contributed by atoms with van der Waals surface area (Å²) in [4.78, 5) is 6.17. The van der Waals surface area contributed by atoms with Crippen molar-refractivity contribution in [2.24, 2.45) is 10.7 Å². The smallest absolute Gasteiger partial charge is 0.193 e. The second-order valence-electron chi connectivity index (χ2n) is 5.69. The Bertz CT molecular complexity index is 722. The maximum absolute atomic E-state index is 14.0. The zero-order valence-corrected chi connectivity index (χ0v) is 17.0. The molecule has 0 saturated carbocycles. The number of aliphatic imine (C=N–C) groups is 1. The SMILES string of the molecule is COc1ccccc1NC(N)=NCc1ccc(CN(C)C)c(F)c1.I. The molecule has 7 heteroatoms. The molecule has 0 amide bonds. The molecule has 0 saturated heterocycles. The zero-order valence-electron chi connectivity index (χ0n) is 14.6. The summed E-state index contributed by atoms with van der Waals surface area (Å²) in [5, 5.41) is 2.99. The molecule has 25 heavy (non-hydrogen) atoms. The van der Waals surface area contributed by atoms with Crippen LogP contribution in [0.5, 0.6) is 5.75 Å². The first-order chi connectivity index (χ1) is 11.5. The van der Waals surface area contributed by atoms with Crippen molar-refractivity contribution in [3.63, 3.8) is 0 Å². The van der Waals surface area contributed by atoms with Crippen LogP contribution >= 0.6 is 24.0 Å². The summed E-state index contributed by atoms with van der Waals surface area (Å²) in [5.74, 6) is 0.694. The molecule has 0 bridgehead atoms. The third-order valence-electron chi connectivity index (χ3n) is 3.41. The van der Waals surface area contributed by atoms with E-state index >= 15 is 0 Å². The van der Waals surface area contributed by atoms with Crippen LogP contribution in [0.1, 0.15) is 11.1 Å². The number of guanidine groups is 1. The molecule has 5 nitrogen and oxygen atoms in total. The number of rotatable bonds is 6. The molecule has 0 aliphatic heterocycles. The maximum Gasteiger partial charge on any atom is 0.193 e. The van der Waals surface area contributed by atoms with E-state index in [1.807, 2.05) is 49.3 Å². The Hall–Kier alpha value is -1.87. The Morgan fingerprint density at radius 3 is 2.60 bits per heavy atom. The number of para-hydroxylation sites is 2. The number of benzene rings is 2. The standard InChI is InChI=1S/C18H23FN4O.HI/c1-23(2)12-14-9-8-13(10-15(14)19)11-21-18(20)22-16-6-4-5-7-17(16)24-3;/h4-10H,11-12H2,1-3H3,(H3,20,21,22);1H. The van der Waals surface area contributed by atoms with Gasteiger partial charge in [0.2, 0.25) is 0 Å². The molecule has 0 fully saturated rings. The van der Waals surface area contributed by atoms with Gasteiger partial charge in [0.15, 0.2) is 5.96 Å². The minimum absolute atomic E-state index is 0. The van der Waals surface area contributed by atoms with Crippen LogP contribution < -0.4 is 15.8 Å². The first kappa shape index (κ1) is 21.2. The van der Waals surface area contributed by atoms with Gasteiger partial charge in [-0.05, 0) is 37.9 Å². The second-order valence-corrected chi connectivity index (χ2v) is 5.69. The van der Waals surface area contributed by atoms with Crippen molar-refractivity contribution >= 4 is 35.6 Å². The number of nitrogens with two attached hydrogens (primary N) is 1. The molecule has 0 radical (unpaired) electrons. The van der Waals surface area contributed by atoms with Crippen LogP contribution in [0.2, 0.25) is 0 Å². The second kappa shape index (κ2) is 10.2. The summed E-state index contributed by atoms with van der Waals surface area (Å²) in [6, 6.07) is 12.6. The van der Waals surface area contributed by atoms with Gasteiger partial charge in [-0.25, -0.2) is 9.38 Å². The quantitative estimate of drug-likeness (QED) is 0.396.